The fourth-order valence-corrected chi connectivity index (χ4v) is 10.2. The number of nitrogens with zero attached hydrogens (tertiary/aromatic N) is 2. The van der Waals surface area contributed by atoms with Gasteiger partial charge in [0.25, 0.3) is 0 Å². The summed E-state index contributed by atoms with van der Waals surface area (Å²) < 4.78 is 0. The van der Waals surface area contributed by atoms with Crippen molar-refractivity contribution in [3.05, 3.63) is 110 Å². The zero-order valence-electron chi connectivity index (χ0n) is 15.8. The van der Waals surface area contributed by atoms with Crippen LogP contribution in [0.1, 0.15) is 0 Å². The van der Waals surface area contributed by atoms with Gasteiger partial charge < -0.3 is 0 Å². The number of hydrogen-bond acceptors (Lipinski definition) is 2. The molecule has 1 aliphatic heterocycles. The minimum Gasteiger partial charge on any atom is -0.244 e. The molecule has 0 amide bonds. The molecule has 136 valence electrons. The SMILES string of the molecule is c1ccc([Si]2(c3ccccc3)c3ccccc3-c3c2ccc2ncncc32)cc1. The molecule has 0 N–H and O–H groups in total. The van der Waals surface area contributed by atoms with E-state index < -0.39 is 8.07 Å². The molecular formula is C26H18N2Si. The summed E-state index contributed by atoms with van der Waals surface area (Å²) in [5.74, 6) is 0. The van der Waals surface area contributed by atoms with Crippen LogP contribution in [0.2, 0.25) is 0 Å². The Balaban J connectivity index is 1.85. The highest BCUT2D eigenvalue weighted by Gasteiger charge is 2.48. The minimum atomic E-state index is -2.40. The first kappa shape index (κ1) is 16.4. The molecule has 0 spiro atoms. The van der Waals surface area contributed by atoms with Crippen LogP contribution in [0.5, 0.6) is 0 Å². The van der Waals surface area contributed by atoms with Gasteiger partial charge in [-0.05, 0) is 37.9 Å². The molecule has 29 heavy (non-hydrogen) atoms. The van der Waals surface area contributed by atoms with Crippen molar-refractivity contribution >= 4 is 39.7 Å². The lowest BCUT2D eigenvalue weighted by Gasteiger charge is -2.31. The fraction of sp³-hybridized carbons (Fsp3) is 0. The number of fused-ring (bicyclic) bond motifs is 5. The lowest BCUT2D eigenvalue weighted by atomic mass is 10.0. The van der Waals surface area contributed by atoms with E-state index in [0.29, 0.717) is 0 Å². The molecule has 0 bridgehead atoms. The summed E-state index contributed by atoms with van der Waals surface area (Å²) in [7, 11) is -2.40. The average Bonchev–Trinajstić information content (AvgIpc) is 3.12. The van der Waals surface area contributed by atoms with Gasteiger partial charge in [0.1, 0.15) is 6.33 Å². The van der Waals surface area contributed by atoms with Crippen molar-refractivity contribution in [2.75, 3.05) is 0 Å². The van der Waals surface area contributed by atoms with E-state index in [1.807, 2.05) is 6.20 Å². The van der Waals surface area contributed by atoms with Crippen LogP contribution < -0.4 is 20.7 Å². The van der Waals surface area contributed by atoms with Crippen molar-refractivity contribution in [2.24, 2.45) is 0 Å². The van der Waals surface area contributed by atoms with E-state index in [2.05, 4.69) is 107 Å². The van der Waals surface area contributed by atoms with Gasteiger partial charge in [-0.2, -0.15) is 0 Å². The van der Waals surface area contributed by atoms with Crippen LogP contribution in [0.4, 0.5) is 0 Å². The fourth-order valence-electron chi connectivity index (χ4n) is 5.00. The average molecular weight is 387 g/mol. The Labute approximate surface area is 170 Å². The first-order chi connectivity index (χ1) is 14.4. The van der Waals surface area contributed by atoms with Crippen molar-refractivity contribution in [3.8, 4) is 11.1 Å². The van der Waals surface area contributed by atoms with Gasteiger partial charge in [-0.15, -0.1) is 0 Å². The molecule has 3 heteroatoms. The normalized spacial score (nSPS) is 13.8. The van der Waals surface area contributed by atoms with Gasteiger partial charge in [-0.25, -0.2) is 9.97 Å². The standard InChI is InChI=1S/C26H18N2Si/c1-3-9-19(10-4-1)29(20-11-5-2-6-12-20)24-14-8-7-13-21(24)26-22-17-27-18-28-23(22)15-16-25(26)29/h1-18H. The summed E-state index contributed by atoms with van der Waals surface area (Å²) in [6.45, 7) is 0. The molecule has 1 aliphatic rings. The molecule has 5 aromatic rings. The molecule has 6 rings (SSSR count). The largest absolute Gasteiger partial charge is 0.244 e. The predicted octanol–water partition coefficient (Wildman–Crippen LogP) is 2.99. The highest BCUT2D eigenvalue weighted by atomic mass is 28.3. The summed E-state index contributed by atoms with van der Waals surface area (Å²) in [4.78, 5) is 8.89. The second kappa shape index (κ2) is 6.22. The first-order valence-electron chi connectivity index (χ1n) is 9.85. The maximum atomic E-state index is 4.53. The Morgan fingerprint density at radius 2 is 1.24 bits per heavy atom. The van der Waals surface area contributed by atoms with E-state index in [4.69, 9.17) is 0 Å². The lowest BCUT2D eigenvalue weighted by molar-refractivity contribution is 1.22. The van der Waals surface area contributed by atoms with Gasteiger partial charge in [-0.1, -0.05) is 91.0 Å². The van der Waals surface area contributed by atoms with E-state index in [0.717, 1.165) is 10.9 Å². The topological polar surface area (TPSA) is 25.8 Å². The lowest BCUT2D eigenvalue weighted by Crippen LogP contribution is -2.72. The van der Waals surface area contributed by atoms with Gasteiger partial charge in [0.05, 0.1) is 5.52 Å². The quantitative estimate of drug-likeness (QED) is 0.428. The third kappa shape index (κ3) is 2.16. The Morgan fingerprint density at radius 3 is 1.97 bits per heavy atom. The molecule has 0 atom stereocenters. The smallest absolute Gasteiger partial charge is 0.180 e. The number of hydrogen-bond donors (Lipinski definition) is 0. The van der Waals surface area contributed by atoms with E-state index in [1.54, 1.807) is 6.33 Å². The number of benzene rings is 4. The van der Waals surface area contributed by atoms with E-state index in [-0.39, 0.29) is 0 Å². The molecule has 0 saturated carbocycles. The van der Waals surface area contributed by atoms with Crippen LogP contribution >= 0.6 is 0 Å². The van der Waals surface area contributed by atoms with Crippen LogP contribution in [-0.2, 0) is 0 Å². The van der Waals surface area contributed by atoms with Crippen LogP contribution in [0.3, 0.4) is 0 Å². The Hall–Kier alpha value is -3.56. The highest BCUT2D eigenvalue weighted by Crippen LogP contribution is 2.33. The third-order valence-corrected chi connectivity index (χ3v) is 11.0. The second-order valence-electron chi connectivity index (χ2n) is 7.47. The number of rotatable bonds is 2. The molecule has 0 aliphatic carbocycles. The summed E-state index contributed by atoms with van der Waals surface area (Å²) in [6, 6.07) is 35.5. The van der Waals surface area contributed by atoms with Gasteiger partial charge in [0.2, 0.25) is 0 Å². The van der Waals surface area contributed by atoms with Crippen LogP contribution in [0.25, 0.3) is 22.0 Å². The maximum Gasteiger partial charge on any atom is 0.180 e. The molecule has 0 unspecified atom stereocenters. The summed E-state index contributed by atoms with van der Waals surface area (Å²) >= 11 is 0. The molecule has 0 radical (unpaired) electrons. The van der Waals surface area contributed by atoms with Crippen molar-refractivity contribution in [1.82, 2.24) is 9.97 Å². The van der Waals surface area contributed by atoms with Crippen molar-refractivity contribution in [2.45, 2.75) is 0 Å². The van der Waals surface area contributed by atoms with Crippen LogP contribution in [0.15, 0.2) is 110 Å². The van der Waals surface area contributed by atoms with Crippen LogP contribution in [-0.4, -0.2) is 18.0 Å². The van der Waals surface area contributed by atoms with Gasteiger partial charge >= 0.3 is 0 Å². The van der Waals surface area contributed by atoms with Crippen molar-refractivity contribution in [3.63, 3.8) is 0 Å². The maximum absolute atomic E-state index is 4.53. The monoisotopic (exact) mass is 386 g/mol. The third-order valence-electron chi connectivity index (χ3n) is 6.11. The molecule has 4 aromatic carbocycles. The molecule has 2 heterocycles. The summed E-state index contributed by atoms with van der Waals surface area (Å²) in [5.41, 5.74) is 3.62. The van der Waals surface area contributed by atoms with Gasteiger partial charge in [0.15, 0.2) is 8.07 Å². The zero-order chi connectivity index (χ0) is 19.3. The molecule has 2 nitrogen and oxygen atoms in total. The Kier molecular flexibility index (Phi) is 3.52. The van der Waals surface area contributed by atoms with Gasteiger partial charge in [-0.3, -0.25) is 0 Å². The first-order valence-corrected chi connectivity index (χ1v) is 11.8. The van der Waals surface area contributed by atoms with Crippen LogP contribution in [0, 0.1) is 0 Å². The van der Waals surface area contributed by atoms with Crippen molar-refractivity contribution < 1.29 is 0 Å². The van der Waals surface area contributed by atoms with Gasteiger partial charge in [0, 0.05) is 11.6 Å². The molecule has 0 fully saturated rings. The minimum absolute atomic E-state index is 1.000. The molecule has 0 saturated heterocycles. The second-order valence-corrected chi connectivity index (χ2v) is 11.2. The summed E-state index contributed by atoms with van der Waals surface area (Å²) in [5, 5.41) is 6.84. The molecular weight excluding hydrogens is 368 g/mol. The highest BCUT2D eigenvalue weighted by molar-refractivity contribution is 7.22. The van der Waals surface area contributed by atoms with E-state index >= 15 is 0 Å². The summed E-state index contributed by atoms with van der Waals surface area (Å²) in [6.07, 6.45) is 3.60. The zero-order valence-corrected chi connectivity index (χ0v) is 16.8. The Bertz CT molecular complexity index is 1310. The Morgan fingerprint density at radius 1 is 0.586 bits per heavy atom. The number of aromatic nitrogens is 2. The van der Waals surface area contributed by atoms with E-state index in [1.165, 1.54) is 31.9 Å². The predicted molar refractivity (Wildman–Crippen MR) is 122 cm³/mol. The molecule has 1 aromatic heterocycles. The van der Waals surface area contributed by atoms with Crippen molar-refractivity contribution in [1.29, 1.82) is 0 Å². The van der Waals surface area contributed by atoms with E-state index in [9.17, 15) is 0 Å².